The summed E-state index contributed by atoms with van der Waals surface area (Å²) in [5.41, 5.74) is 4.08. The van der Waals surface area contributed by atoms with Gasteiger partial charge in [-0.05, 0) is 17.7 Å². The van der Waals surface area contributed by atoms with Crippen molar-refractivity contribution in [3.8, 4) is 0 Å². The largest absolute Gasteiger partial charge is 0.378 e. The molecule has 0 unspecified atom stereocenters. The standard InChI is InChI=1S/C21H25N5O3/c1-24-18-12-16(23-20(27)22-14-15-6-4-3-5-7-15)17(26-8-10-29-11-9-26)13-19(18)25(2)21(24)28/h3-7,12-13H,8-11,14H2,1-2H3,(H2,22,23,27). The molecule has 2 N–H and O–H groups in total. The fourth-order valence-corrected chi connectivity index (χ4v) is 3.64. The van der Waals surface area contributed by atoms with Crippen LogP contribution in [0.15, 0.2) is 47.3 Å². The highest BCUT2D eigenvalue weighted by Crippen LogP contribution is 2.31. The molecule has 1 saturated heterocycles. The van der Waals surface area contributed by atoms with Gasteiger partial charge in [-0.2, -0.15) is 0 Å². The molecule has 0 aliphatic carbocycles. The lowest BCUT2D eigenvalue weighted by atomic mass is 10.2. The molecule has 8 nitrogen and oxygen atoms in total. The lowest BCUT2D eigenvalue weighted by molar-refractivity contribution is 0.123. The summed E-state index contributed by atoms with van der Waals surface area (Å²) < 4.78 is 8.68. The van der Waals surface area contributed by atoms with E-state index in [2.05, 4.69) is 15.5 Å². The highest BCUT2D eigenvalue weighted by atomic mass is 16.5. The van der Waals surface area contributed by atoms with Crippen molar-refractivity contribution >= 4 is 28.4 Å². The summed E-state index contributed by atoms with van der Waals surface area (Å²) in [6, 6.07) is 13.3. The SMILES string of the molecule is Cn1c(=O)n(C)c2cc(N3CCOCC3)c(NC(=O)NCc3ccccc3)cc21. The Kier molecular flexibility index (Phi) is 5.26. The van der Waals surface area contributed by atoms with Gasteiger partial charge in [-0.1, -0.05) is 30.3 Å². The predicted octanol–water partition coefficient (Wildman–Crippen LogP) is 2.04. The van der Waals surface area contributed by atoms with Gasteiger partial charge in [-0.15, -0.1) is 0 Å². The third-order valence-corrected chi connectivity index (χ3v) is 5.29. The molecule has 2 aromatic carbocycles. The first-order valence-electron chi connectivity index (χ1n) is 9.65. The number of aryl methyl sites for hydroxylation is 2. The number of anilines is 2. The molecule has 152 valence electrons. The van der Waals surface area contributed by atoms with Crippen molar-refractivity contribution in [1.29, 1.82) is 0 Å². The molecular formula is C21H25N5O3. The Balaban J connectivity index is 1.64. The molecule has 29 heavy (non-hydrogen) atoms. The summed E-state index contributed by atoms with van der Waals surface area (Å²) in [5.74, 6) is 0. The van der Waals surface area contributed by atoms with E-state index in [0.29, 0.717) is 25.4 Å². The number of rotatable bonds is 4. The van der Waals surface area contributed by atoms with Gasteiger partial charge in [-0.3, -0.25) is 9.13 Å². The Morgan fingerprint density at radius 2 is 1.69 bits per heavy atom. The molecule has 0 bridgehead atoms. The Bertz CT molecular complexity index is 1080. The summed E-state index contributed by atoms with van der Waals surface area (Å²) in [7, 11) is 3.49. The summed E-state index contributed by atoms with van der Waals surface area (Å²) >= 11 is 0. The van der Waals surface area contributed by atoms with Gasteiger partial charge in [0.1, 0.15) is 0 Å². The Morgan fingerprint density at radius 3 is 2.38 bits per heavy atom. The number of hydrogen-bond donors (Lipinski definition) is 2. The average Bonchev–Trinajstić information content (AvgIpc) is 2.97. The number of urea groups is 1. The maximum Gasteiger partial charge on any atom is 0.328 e. The van der Waals surface area contributed by atoms with E-state index in [1.165, 1.54) is 0 Å². The smallest absolute Gasteiger partial charge is 0.328 e. The summed E-state index contributed by atoms with van der Waals surface area (Å²) in [4.78, 5) is 27.1. The van der Waals surface area contributed by atoms with Crippen LogP contribution in [0, 0.1) is 0 Å². The fourth-order valence-electron chi connectivity index (χ4n) is 3.64. The molecular weight excluding hydrogens is 370 g/mol. The number of morpholine rings is 1. The Morgan fingerprint density at radius 1 is 1.03 bits per heavy atom. The summed E-state index contributed by atoms with van der Waals surface area (Å²) in [5, 5.41) is 5.86. The van der Waals surface area contributed by atoms with Crippen molar-refractivity contribution in [2.45, 2.75) is 6.54 Å². The number of nitrogens with one attached hydrogen (secondary N) is 2. The van der Waals surface area contributed by atoms with Crippen molar-refractivity contribution < 1.29 is 9.53 Å². The highest BCUT2D eigenvalue weighted by Gasteiger charge is 2.20. The van der Waals surface area contributed by atoms with E-state index in [4.69, 9.17) is 4.74 Å². The number of ether oxygens (including phenoxy) is 1. The van der Waals surface area contributed by atoms with E-state index in [0.717, 1.165) is 35.4 Å². The number of hydrogen-bond acceptors (Lipinski definition) is 4. The van der Waals surface area contributed by atoms with E-state index in [1.807, 2.05) is 42.5 Å². The second kappa shape index (κ2) is 8.00. The molecule has 3 aromatic rings. The lowest BCUT2D eigenvalue weighted by Gasteiger charge is -2.30. The Labute approximate surface area is 168 Å². The molecule has 1 aliphatic rings. The monoisotopic (exact) mass is 395 g/mol. The maximum atomic E-state index is 12.6. The van der Waals surface area contributed by atoms with Gasteiger partial charge in [0.15, 0.2) is 0 Å². The molecule has 0 radical (unpaired) electrons. The van der Waals surface area contributed by atoms with Crippen LogP contribution < -0.4 is 21.2 Å². The van der Waals surface area contributed by atoms with Gasteiger partial charge in [-0.25, -0.2) is 9.59 Å². The molecule has 1 aromatic heterocycles. The summed E-state index contributed by atoms with van der Waals surface area (Å²) in [6.07, 6.45) is 0. The van der Waals surface area contributed by atoms with E-state index in [-0.39, 0.29) is 11.7 Å². The first-order chi connectivity index (χ1) is 14.0. The van der Waals surface area contributed by atoms with Crippen LogP contribution in [0.3, 0.4) is 0 Å². The molecule has 2 amide bonds. The van der Waals surface area contributed by atoms with Gasteiger partial charge in [0.25, 0.3) is 0 Å². The van der Waals surface area contributed by atoms with E-state index in [1.54, 1.807) is 23.2 Å². The quantitative estimate of drug-likeness (QED) is 0.708. The minimum absolute atomic E-state index is 0.0985. The predicted molar refractivity (Wildman–Crippen MR) is 113 cm³/mol. The number of carbonyl (C=O) groups excluding carboxylic acids is 1. The van der Waals surface area contributed by atoms with Crippen molar-refractivity contribution in [2.24, 2.45) is 14.1 Å². The zero-order valence-corrected chi connectivity index (χ0v) is 16.6. The second-order valence-electron chi connectivity index (χ2n) is 7.15. The number of benzene rings is 2. The molecule has 4 rings (SSSR count). The third-order valence-electron chi connectivity index (χ3n) is 5.29. The zero-order valence-electron chi connectivity index (χ0n) is 16.6. The topological polar surface area (TPSA) is 80.5 Å². The van der Waals surface area contributed by atoms with Crippen LogP contribution in [-0.4, -0.2) is 41.5 Å². The first-order valence-corrected chi connectivity index (χ1v) is 9.65. The number of imidazole rings is 1. The minimum atomic E-state index is -0.288. The molecule has 1 aliphatic heterocycles. The third kappa shape index (κ3) is 3.84. The van der Waals surface area contributed by atoms with E-state index in [9.17, 15) is 9.59 Å². The van der Waals surface area contributed by atoms with Crippen LogP contribution >= 0.6 is 0 Å². The van der Waals surface area contributed by atoms with Gasteiger partial charge in [0.2, 0.25) is 0 Å². The normalized spacial score (nSPS) is 14.2. The van der Waals surface area contributed by atoms with Crippen molar-refractivity contribution in [3.05, 3.63) is 58.5 Å². The minimum Gasteiger partial charge on any atom is -0.378 e. The number of fused-ring (bicyclic) bond motifs is 1. The highest BCUT2D eigenvalue weighted by molar-refractivity contribution is 5.98. The fraction of sp³-hybridized carbons (Fsp3) is 0.333. The molecule has 1 fully saturated rings. The van der Waals surface area contributed by atoms with Gasteiger partial charge < -0.3 is 20.3 Å². The van der Waals surface area contributed by atoms with Crippen LogP contribution in [0.5, 0.6) is 0 Å². The number of nitrogens with zero attached hydrogens (tertiary/aromatic N) is 3. The molecule has 0 spiro atoms. The Hall–Kier alpha value is -3.26. The van der Waals surface area contributed by atoms with Crippen molar-refractivity contribution in [2.75, 3.05) is 36.5 Å². The van der Waals surface area contributed by atoms with E-state index >= 15 is 0 Å². The number of aromatic nitrogens is 2. The maximum absolute atomic E-state index is 12.6. The van der Waals surface area contributed by atoms with Crippen LogP contribution in [0.25, 0.3) is 11.0 Å². The molecule has 2 heterocycles. The van der Waals surface area contributed by atoms with E-state index < -0.39 is 0 Å². The molecule has 8 heteroatoms. The lowest BCUT2D eigenvalue weighted by Crippen LogP contribution is -2.37. The average molecular weight is 395 g/mol. The number of amides is 2. The summed E-state index contributed by atoms with van der Waals surface area (Å²) in [6.45, 7) is 3.15. The number of carbonyl (C=O) groups is 1. The van der Waals surface area contributed by atoms with Gasteiger partial charge in [0.05, 0.1) is 35.6 Å². The second-order valence-corrected chi connectivity index (χ2v) is 7.15. The van der Waals surface area contributed by atoms with Crippen LogP contribution in [0.1, 0.15) is 5.56 Å². The molecule has 0 atom stereocenters. The van der Waals surface area contributed by atoms with Crippen molar-refractivity contribution in [1.82, 2.24) is 14.5 Å². The van der Waals surface area contributed by atoms with Crippen LogP contribution in [0.4, 0.5) is 16.2 Å². The first kappa shape index (κ1) is 19.1. The molecule has 0 saturated carbocycles. The zero-order chi connectivity index (χ0) is 20.4. The van der Waals surface area contributed by atoms with Gasteiger partial charge >= 0.3 is 11.7 Å². The van der Waals surface area contributed by atoms with Crippen molar-refractivity contribution in [3.63, 3.8) is 0 Å². The van der Waals surface area contributed by atoms with Crippen LogP contribution in [-0.2, 0) is 25.4 Å². The van der Waals surface area contributed by atoms with Gasteiger partial charge in [0, 0.05) is 33.7 Å². The van der Waals surface area contributed by atoms with Crippen LogP contribution in [0.2, 0.25) is 0 Å².